The largest absolute Gasteiger partial charge is 0.493 e. The van der Waals surface area contributed by atoms with Crippen LogP contribution in [0, 0.1) is 3.57 Å². The average molecular weight is 469 g/mol. The van der Waals surface area contributed by atoms with Gasteiger partial charge in [0.1, 0.15) is 0 Å². The van der Waals surface area contributed by atoms with E-state index in [0.717, 1.165) is 11.1 Å². The molecule has 2 aromatic rings. The molecule has 2 aromatic carbocycles. The summed E-state index contributed by atoms with van der Waals surface area (Å²) >= 11 is 2.04. The molecule has 0 aliphatic rings. The number of halogens is 1. The normalized spacial score (nSPS) is 10.7. The van der Waals surface area contributed by atoms with Crippen LogP contribution in [0.5, 0.6) is 11.5 Å². The molecular weight excluding hydrogens is 453 g/mol. The van der Waals surface area contributed by atoms with Gasteiger partial charge in [0.05, 0.1) is 22.8 Å². The Kier molecular flexibility index (Phi) is 6.96. The number of benzene rings is 2. The lowest BCUT2D eigenvalue weighted by molar-refractivity contribution is -0.139. The van der Waals surface area contributed by atoms with Crippen LogP contribution in [0.2, 0.25) is 0 Å². The summed E-state index contributed by atoms with van der Waals surface area (Å²) in [6.45, 7) is -0.0534. The van der Waals surface area contributed by atoms with Gasteiger partial charge in [-0.05, 0) is 58.0 Å². The second-order valence-electron chi connectivity index (χ2n) is 5.19. The second kappa shape index (κ2) is 9.18. The Balaban J connectivity index is 2.10. The van der Waals surface area contributed by atoms with E-state index >= 15 is 0 Å². The smallest absolute Gasteiger partial charge is 0.341 e. The molecule has 0 saturated heterocycles. The third-order valence-electron chi connectivity index (χ3n) is 3.31. The highest BCUT2D eigenvalue weighted by Crippen LogP contribution is 2.33. The number of hydrogen-bond donors (Lipinski definition) is 2. The zero-order chi connectivity index (χ0) is 19.1. The van der Waals surface area contributed by atoms with Gasteiger partial charge in [-0.2, -0.15) is 0 Å². The number of nitrogens with zero attached hydrogens (tertiary/aromatic N) is 1. The number of rotatable bonds is 8. The lowest BCUT2D eigenvalue weighted by Gasteiger charge is -2.12. The van der Waals surface area contributed by atoms with Crippen LogP contribution in [-0.2, 0) is 11.3 Å². The first kappa shape index (κ1) is 19.7. The van der Waals surface area contributed by atoms with E-state index < -0.39 is 18.5 Å². The quantitative estimate of drug-likeness (QED) is 0.455. The summed E-state index contributed by atoms with van der Waals surface area (Å²) in [6.07, 6.45) is 1.66. The molecule has 0 saturated carbocycles. The number of carboxylic acid groups (broad SMARTS) is 2. The van der Waals surface area contributed by atoms with Gasteiger partial charge in [-0.1, -0.05) is 12.1 Å². The molecule has 2 rings (SSSR count). The third kappa shape index (κ3) is 5.45. The highest BCUT2D eigenvalue weighted by atomic mass is 127. The highest BCUT2D eigenvalue weighted by molar-refractivity contribution is 14.1. The van der Waals surface area contributed by atoms with Crippen LogP contribution in [0.1, 0.15) is 21.5 Å². The molecule has 0 bridgehead atoms. The van der Waals surface area contributed by atoms with Gasteiger partial charge in [0, 0.05) is 6.21 Å². The number of carboxylic acids is 2. The Labute approximate surface area is 163 Å². The number of aliphatic imine (C=N–C) groups is 1. The molecule has 0 aliphatic carbocycles. The van der Waals surface area contributed by atoms with Crippen molar-refractivity contribution in [2.45, 2.75) is 6.54 Å². The minimum atomic E-state index is -1.07. The first-order valence-corrected chi connectivity index (χ1v) is 8.52. The minimum Gasteiger partial charge on any atom is -0.493 e. The van der Waals surface area contributed by atoms with Crippen molar-refractivity contribution < 1.29 is 29.3 Å². The Hall–Kier alpha value is -2.62. The fourth-order valence-corrected chi connectivity index (χ4v) is 2.88. The molecule has 0 atom stereocenters. The van der Waals surface area contributed by atoms with E-state index in [2.05, 4.69) is 4.99 Å². The first-order valence-electron chi connectivity index (χ1n) is 7.45. The fourth-order valence-electron chi connectivity index (χ4n) is 2.10. The molecule has 2 N–H and O–H groups in total. The molecule has 8 heteroatoms. The van der Waals surface area contributed by atoms with Gasteiger partial charge < -0.3 is 19.7 Å². The van der Waals surface area contributed by atoms with Gasteiger partial charge in [-0.3, -0.25) is 4.99 Å². The van der Waals surface area contributed by atoms with Crippen molar-refractivity contribution in [3.8, 4) is 11.5 Å². The second-order valence-corrected chi connectivity index (χ2v) is 6.35. The van der Waals surface area contributed by atoms with Crippen LogP contribution in [0.15, 0.2) is 41.4 Å². The van der Waals surface area contributed by atoms with Crippen molar-refractivity contribution in [2.75, 3.05) is 13.7 Å². The third-order valence-corrected chi connectivity index (χ3v) is 4.11. The van der Waals surface area contributed by atoms with Crippen LogP contribution in [-0.4, -0.2) is 42.1 Å². The van der Waals surface area contributed by atoms with E-state index in [1.165, 1.54) is 19.2 Å². The Bertz CT molecular complexity index is 832. The van der Waals surface area contributed by atoms with Crippen LogP contribution in [0.25, 0.3) is 0 Å². The molecule has 7 nitrogen and oxygen atoms in total. The van der Waals surface area contributed by atoms with Crippen LogP contribution >= 0.6 is 22.6 Å². The molecule has 0 fully saturated rings. The van der Waals surface area contributed by atoms with Crippen molar-refractivity contribution in [1.29, 1.82) is 0 Å². The number of aromatic carboxylic acids is 1. The maximum Gasteiger partial charge on any atom is 0.341 e. The molecule has 0 heterocycles. The molecule has 0 aromatic heterocycles. The average Bonchev–Trinajstić information content (AvgIpc) is 2.60. The summed E-state index contributed by atoms with van der Waals surface area (Å²) in [7, 11) is 1.48. The van der Waals surface area contributed by atoms with Crippen molar-refractivity contribution in [1.82, 2.24) is 0 Å². The number of hydrogen-bond acceptors (Lipinski definition) is 5. The van der Waals surface area contributed by atoms with Gasteiger partial charge in [-0.25, -0.2) is 9.59 Å². The van der Waals surface area contributed by atoms with E-state index in [1.54, 1.807) is 30.5 Å². The number of carbonyl (C=O) groups is 2. The summed E-state index contributed by atoms with van der Waals surface area (Å²) in [4.78, 5) is 25.8. The number of methoxy groups -OCH3 is 1. The topological polar surface area (TPSA) is 105 Å². The minimum absolute atomic E-state index is 0.231. The van der Waals surface area contributed by atoms with Gasteiger partial charge in [0.15, 0.2) is 18.1 Å². The maximum atomic E-state index is 10.8. The highest BCUT2D eigenvalue weighted by Gasteiger charge is 2.12. The molecule has 0 aliphatic heterocycles. The Morgan fingerprint density at radius 3 is 2.46 bits per heavy atom. The van der Waals surface area contributed by atoms with E-state index in [0.29, 0.717) is 21.6 Å². The van der Waals surface area contributed by atoms with E-state index in [1.807, 2.05) is 22.6 Å². The lowest BCUT2D eigenvalue weighted by Crippen LogP contribution is -2.11. The monoisotopic (exact) mass is 469 g/mol. The van der Waals surface area contributed by atoms with Crippen molar-refractivity contribution in [3.63, 3.8) is 0 Å². The zero-order valence-corrected chi connectivity index (χ0v) is 16.0. The Morgan fingerprint density at radius 1 is 1.19 bits per heavy atom. The molecule has 0 radical (unpaired) electrons. The predicted molar refractivity (Wildman–Crippen MR) is 104 cm³/mol. The molecule has 26 heavy (non-hydrogen) atoms. The molecule has 136 valence electrons. The van der Waals surface area contributed by atoms with Gasteiger partial charge >= 0.3 is 11.9 Å². The van der Waals surface area contributed by atoms with Crippen molar-refractivity contribution in [2.24, 2.45) is 4.99 Å². The predicted octanol–water partition coefficient (Wildman–Crippen LogP) is 3.08. The van der Waals surface area contributed by atoms with Gasteiger partial charge in [0.2, 0.25) is 0 Å². The standard InChI is InChI=1S/C18H16INO6/c1-25-15-7-12(6-14(19)17(15)26-10-16(21)22)9-20-8-11-2-4-13(5-3-11)18(23)24/h2-7,9H,8,10H2,1H3,(H,21,22)(H,23,24). The van der Waals surface area contributed by atoms with Crippen molar-refractivity contribution >= 4 is 40.7 Å². The SMILES string of the molecule is COc1cc(C=NCc2ccc(C(=O)O)cc2)cc(I)c1OCC(=O)O. The summed E-state index contributed by atoms with van der Waals surface area (Å²) in [5.74, 6) is -1.24. The molecule has 0 amide bonds. The summed E-state index contributed by atoms with van der Waals surface area (Å²) in [5.41, 5.74) is 1.89. The molecular formula is C18H16INO6. The lowest BCUT2D eigenvalue weighted by atomic mass is 10.1. The van der Waals surface area contributed by atoms with Gasteiger partial charge in [0.25, 0.3) is 0 Å². The first-order chi connectivity index (χ1) is 12.4. The van der Waals surface area contributed by atoms with Crippen LogP contribution in [0.4, 0.5) is 0 Å². The molecule has 0 spiro atoms. The summed E-state index contributed by atoms with van der Waals surface area (Å²) < 4.78 is 11.2. The Morgan fingerprint density at radius 2 is 1.88 bits per heavy atom. The fraction of sp³-hybridized carbons (Fsp3) is 0.167. The maximum absolute atomic E-state index is 10.8. The van der Waals surface area contributed by atoms with Crippen molar-refractivity contribution in [3.05, 3.63) is 56.7 Å². The van der Waals surface area contributed by atoms with E-state index in [-0.39, 0.29) is 5.56 Å². The van der Waals surface area contributed by atoms with Crippen LogP contribution < -0.4 is 9.47 Å². The number of aliphatic carboxylic acids is 1. The summed E-state index contributed by atoms with van der Waals surface area (Å²) in [5, 5.41) is 17.6. The van der Waals surface area contributed by atoms with E-state index in [9.17, 15) is 9.59 Å². The summed E-state index contributed by atoms with van der Waals surface area (Å²) in [6, 6.07) is 10.0. The number of ether oxygens (including phenoxy) is 2. The molecule has 0 unspecified atom stereocenters. The van der Waals surface area contributed by atoms with Crippen LogP contribution in [0.3, 0.4) is 0 Å². The van der Waals surface area contributed by atoms with E-state index in [4.69, 9.17) is 19.7 Å². The zero-order valence-electron chi connectivity index (χ0n) is 13.8. The van der Waals surface area contributed by atoms with Gasteiger partial charge in [-0.15, -0.1) is 0 Å².